The molecule has 3 aromatic heterocycles. The van der Waals surface area contributed by atoms with Crippen molar-refractivity contribution in [1.29, 1.82) is 0 Å². The van der Waals surface area contributed by atoms with Crippen LogP contribution in [0.1, 0.15) is 43.2 Å². The quantitative estimate of drug-likeness (QED) is 0.322. The smallest absolute Gasteiger partial charge is 0.345 e. The molecule has 0 aliphatic carbocycles. The number of morpholine rings is 1. The molecule has 12 nitrogen and oxygen atoms in total. The van der Waals surface area contributed by atoms with Crippen molar-refractivity contribution in [2.75, 3.05) is 43.2 Å². The van der Waals surface area contributed by atoms with Gasteiger partial charge in [0.15, 0.2) is 0 Å². The van der Waals surface area contributed by atoms with Crippen LogP contribution in [0.2, 0.25) is 0 Å². The number of hydrogen-bond donors (Lipinski definition) is 0. The van der Waals surface area contributed by atoms with Crippen molar-refractivity contribution in [3.8, 4) is 0 Å². The van der Waals surface area contributed by atoms with Crippen molar-refractivity contribution in [1.82, 2.24) is 28.9 Å². The Hall–Kier alpha value is -4.32. The average Bonchev–Trinajstić information content (AvgIpc) is 3.65. The lowest BCUT2D eigenvalue weighted by atomic mass is 9.90. The zero-order valence-corrected chi connectivity index (χ0v) is 24.9. The minimum atomic E-state index is -0.666. The summed E-state index contributed by atoms with van der Waals surface area (Å²) in [5, 5.41) is 5.09. The maximum absolute atomic E-state index is 14.0. The number of aromatic nitrogens is 6. The number of fused-ring (bicyclic) bond motifs is 3. The molecule has 0 atom stereocenters. The van der Waals surface area contributed by atoms with E-state index in [1.807, 2.05) is 38.1 Å². The third-order valence-corrected chi connectivity index (χ3v) is 9.06. The van der Waals surface area contributed by atoms with E-state index < -0.39 is 5.41 Å². The topological polar surface area (TPSA) is 120 Å². The van der Waals surface area contributed by atoms with Gasteiger partial charge in [-0.15, -0.1) is 0 Å². The molecule has 0 radical (unpaired) electrons. The van der Waals surface area contributed by atoms with Crippen LogP contribution in [-0.4, -0.2) is 68.1 Å². The number of amides is 1. The van der Waals surface area contributed by atoms with Crippen LogP contribution in [0.5, 0.6) is 0 Å². The van der Waals surface area contributed by atoms with Crippen LogP contribution in [0.3, 0.4) is 0 Å². The first-order valence-corrected chi connectivity index (χ1v) is 15.0. The molecule has 0 unspecified atom stereocenters. The van der Waals surface area contributed by atoms with Crippen LogP contribution in [-0.2, 0) is 53.8 Å². The molecule has 0 saturated carbocycles. The molecule has 3 aliphatic rings. The highest BCUT2D eigenvalue weighted by Crippen LogP contribution is 2.39. The van der Waals surface area contributed by atoms with Crippen LogP contribution in [0.15, 0.2) is 40.1 Å². The standard InChI is InChI=1S/C31H36N8O4/c1-31(2)27-24(35(3)29(31)41)17-20(19-32-27)8-11-37-25(9-12-39-30(42)38-10-4-5-26(38)34-39)33-23-18-21(6-7-22(23)28(37)40)36-13-15-43-16-14-36/h6-7,17-19H,4-5,8-16H2,1-3H3. The molecule has 1 fully saturated rings. The fraction of sp³-hybridized carbons (Fsp3) is 0.484. The lowest BCUT2D eigenvalue weighted by Crippen LogP contribution is -2.36. The van der Waals surface area contributed by atoms with Gasteiger partial charge in [0.2, 0.25) is 5.91 Å². The SMILES string of the molecule is CN1C(=O)C(C)(C)c2ncc(CCn3c(CCn4nc5n(c4=O)CCC5)nc4cc(N5CCOCC5)ccc4c3=O)cc21. The third kappa shape index (κ3) is 4.64. The normalized spacial score (nSPS) is 17.6. The molecule has 7 rings (SSSR count). The minimum absolute atomic E-state index is 0.0151. The summed E-state index contributed by atoms with van der Waals surface area (Å²) in [5.41, 5.74) is 3.26. The molecular formula is C31H36N8O4. The lowest BCUT2D eigenvalue weighted by molar-refractivity contribution is -0.121. The molecule has 43 heavy (non-hydrogen) atoms. The summed E-state index contributed by atoms with van der Waals surface area (Å²) >= 11 is 0. The Bertz CT molecular complexity index is 1860. The molecule has 1 amide bonds. The number of likely N-dealkylation sites (N-methyl/N-ethyl adjacent to an activating group) is 1. The van der Waals surface area contributed by atoms with Gasteiger partial charge in [0.25, 0.3) is 5.56 Å². The number of ether oxygens (including phenoxy) is 1. The Kier molecular flexibility index (Phi) is 6.68. The lowest BCUT2D eigenvalue weighted by Gasteiger charge is -2.29. The second-order valence-corrected chi connectivity index (χ2v) is 12.2. The monoisotopic (exact) mass is 584 g/mol. The van der Waals surface area contributed by atoms with E-state index in [0.717, 1.165) is 54.4 Å². The van der Waals surface area contributed by atoms with E-state index in [9.17, 15) is 14.4 Å². The zero-order chi connectivity index (χ0) is 29.9. The molecule has 12 heteroatoms. The van der Waals surface area contributed by atoms with Gasteiger partial charge in [-0.2, -0.15) is 5.10 Å². The molecule has 224 valence electrons. The third-order valence-electron chi connectivity index (χ3n) is 9.06. The Morgan fingerprint density at radius 2 is 1.81 bits per heavy atom. The molecule has 3 aliphatic heterocycles. The van der Waals surface area contributed by atoms with E-state index in [1.54, 1.807) is 27.3 Å². The summed E-state index contributed by atoms with van der Waals surface area (Å²) in [5.74, 6) is 1.44. The van der Waals surface area contributed by atoms with Gasteiger partial charge in [-0.1, -0.05) is 0 Å². The van der Waals surface area contributed by atoms with Crippen LogP contribution < -0.4 is 21.0 Å². The Labute approximate surface area is 248 Å². The molecule has 6 heterocycles. The summed E-state index contributed by atoms with van der Waals surface area (Å²) in [6.07, 6.45) is 4.46. The molecule has 1 saturated heterocycles. The average molecular weight is 585 g/mol. The van der Waals surface area contributed by atoms with Gasteiger partial charge in [-0.3, -0.25) is 23.7 Å². The van der Waals surface area contributed by atoms with Gasteiger partial charge in [-0.05, 0) is 56.5 Å². The summed E-state index contributed by atoms with van der Waals surface area (Å²) in [7, 11) is 1.77. The van der Waals surface area contributed by atoms with Crippen LogP contribution >= 0.6 is 0 Å². The first-order valence-electron chi connectivity index (χ1n) is 15.0. The maximum atomic E-state index is 14.0. The molecule has 0 N–H and O–H groups in total. The number of carbonyl (C=O) groups is 1. The van der Waals surface area contributed by atoms with Crippen molar-refractivity contribution in [2.24, 2.45) is 0 Å². The number of hydrogen-bond acceptors (Lipinski definition) is 8. The van der Waals surface area contributed by atoms with Gasteiger partial charge < -0.3 is 14.5 Å². The number of anilines is 2. The van der Waals surface area contributed by atoms with E-state index in [0.29, 0.717) is 62.4 Å². The van der Waals surface area contributed by atoms with Crippen molar-refractivity contribution >= 4 is 28.2 Å². The van der Waals surface area contributed by atoms with Gasteiger partial charge >= 0.3 is 5.69 Å². The number of rotatable bonds is 7. The first-order chi connectivity index (χ1) is 20.7. The first kappa shape index (κ1) is 27.5. The summed E-state index contributed by atoms with van der Waals surface area (Å²) < 4.78 is 10.5. The summed E-state index contributed by atoms with van der Waals surface area (Å²) in [4.78, 5) is 53.2. The van der Waals surface area contributed by atoms with Gasteiger partial charge in [0.05, 0.1) is 47.5 Å². The van der Waals surface area contributed by atoms with Crippen LogP contribution in [0.25, 0.3) is 10.9 Å². The van der Waals surface area contributed by atoms with E-state index in [2.05, 4.69) is 15.0 Å². The minimum Gasteiger partial charge on any atom is -0.378 e. The predicted octanol–water partition coefficient (Wildman–Crippen LogP) is 1.67. The van der Waals surface area contributed by atoms with E-state index in [4.69, 9.17) is 9.72 Å². The molecule has 4 aromatic rings. The summed E-state index contributed by atoms with van der Waals surface area (Å²) in [6.45, 7) is 8.11. The number of pyridine rings is 1. The highest BCUT2D eigenvalue weighted by molar-refractivity contribution is 6.06. The largest absolute Gasteiger partial charge is 0.378 e. The van der Waals surface area contributed by atoms with E-state index in [-0.39, 0.29) is 17.2 Å². The highest BCUT2D eigenvalue weighted by atomic mass is 16.5. The predicted molar refractivity (Wildman–Crippen MR) is 162 cm³/mol. The highest BCUT2D eigenvalue weighted by Gasteiger charge is 2.43. The summed E-state index contributed by atoms with van der Waals surface area (Å²) in [6, 6.07) is 7.81. The second-order valence-electron chi connectivity index (χ2n) is 12.2. The van der Waals surface area contributed by atoms with Gasteiger partial charge in [0.1, 0.15) is 11.6 Å². The maximum Gasteiger partial charge on any atom is 0.345 e. The van der Waals surface area contributed by atoms with Crippen molar-refractivity contribution < 1.29 is 9.53 Å². The van der Waals surface area contributed by atoms with Crippen molar-refractivity contribution in [3.05, 3.63) is 74.2 Å². The van der Waals surface area contributed by atoms with E-state index in [1.165, 1.54) is 4.68 Å². The van der Waals surface area contributed by atoms with Gasteiger partial charge in [0, 0.05) is 58.0 Å². The second kappa shape index (κ2) is 10.4. The Balaban J connectivity index is 1.22. The number of carbonyl (C=O) groups excluding carboxylic acids is 1. The van der Waals surface area contributed by atoms with Gasteiger partial charge in [-0.25, -0.2) is 14.5 Å². The van der Waals surface area contributed by atoms with Crippen LogP contribution in [0, 0.1) is 0 Å². The molecular weight excluding hydrogens is 548 g/mol. The van der Waals surface area contributed by atoms with Crippen molar-refractivity contribution in [3.63, 3.8) is 0 Å². The molecule has 0 bridgehead atoms. The van der Waals surface area contributed by atoms with Crippen LogP contribution in [0.4, 0.5) is 11.4 Å². The Morgan fingerprint density at radius 3 is 2.60 bits per heavy atom. The number of nitrogens with zero attached hydrogens (tertiary/aromatic N) is 8. The molecule has 0 spiro atoms. The zero-order valence-electron chi connectivity index (χ0n) is 24.9. The fourth-order valence-electron chi connectivity index (χ4n) is 6.58. The number of aryl methyl sites for hydroxylation is 4. The Morgan fingerprint density at radius 1 is 1.00 bits per heavy atom. The van der Waals surface area contributed by atoms with E-state index >= 15 is 0 Å². The molecule has 1 aromatic carbocycles. The van der Waals surface area contributed by atoms with Crippen molar-refractivity contribution in [2.45, 2.75) is 64.6 Å². The number of benzene rings is 1. The fourth-order valence-corrected chi connectivity index (χ4v) is 6.58.